The van der Waals surface area contributed by atoms with Crippen molar-refractivity contribution in [3.05, 3.63) is 42.2 Å². The molecular weight excluding hydrogens is 284 g/mol. The van der Waals surface area contributed by atoms with E-state index < -0.39 is 12.3 Å². The fraction of sp³-hybridized carbons (Fsp3) is 0.412. The summed E-state index contributed by atoms with van der Waals surface area (Å²) in [6, 6.07) is 9.01. The molecule has 120 valence electrons. The van der Waals surface area contributed by atoms with Crippen molar-refractivity contribution in [1.29, 1.82) is 0 Å². The van der Waals surface area contributed by atoms with Gasteiger partial charge in [-0.3, -0.25) is 4.79 Å². The normalized spacial score (nSPS) is 20.5. The van der Waals surface area contributed by atoms with Gasteiger partial charge in [0.05, 0.1) is 13.0 Å². The highest BCUT2D eigenvalue weighted by molar-refractivity contribution is 6.16. The third kappa shape index (κ3) is 4.62. The predicted molar refractivity (Wildman–Crippen MR) is 82.5 cm³/mol. The van der Waals surface area contributed by atoms with E-state index in [1.54, 1.807) is 19.1 Å². The average molecular weight is 306 g/mol. The molecule has 5 heteroatoms. The molecule has 5 nitrogen and oxygen atoms in total. The predicted octanol–water partition coefficient (Wildman–Crippen LogP) is 3.15. The Kier molecular flexibility index (Phi) is 7.16. The van der Waals surface area contributed by atoms with Crippen LogP contribution in [-0.2, 0) is 23.8 Å². The second-order valence-corrected chi connectivity index (χ2v) is 4.53. The van der Waals surface area contributed by atoms with Crippen molar-refractivity contribution in [2.75, 3.05) is 7.11 Å². The third-order valence-electron chi connectivity index (χ3n) is 3.02. The lowest BCUT2D eigenvalue weighted by atomic mass is 10.1. The van der Waals surface area contributed by atoms with E-state index in [1.165, 1.54) is 13.4 Å². The molecule has 1 saturated heterocycles. The van der Waals surface area contributed by atoms with Crippen molar-refractivity contribution in [2.24, 2.45) is 5.92 Å². The van der Waals surface area contributed by atoms with Crippen molar-refractivity contribution in [1.82, 2.24) is 0 Å². The van der Waals surface area contributed by atoms with Crippen LogP contribution in [-0.4, -0.2) is 25.3 Å². The highest BCUT2D eigenvalue weighted by atomic mass is 16.7. The molecule has 1 aliphatic heterocycles. The van der Waals surface area contributed by atoms with Crippen LogP contribution < -0.4 is 0 Å². The number of ether oxygens (including phenoxy) is 3. The first-order chi connectivity index (χ1) is 10.6. The molecule has 2 rings (SSSR count). The minimum absolute atomic E-state index is 0.188. The van der Waals surface area contributed by atoms with Crippen LogP contribution in [0.4, 0.5) is 0 Å². The molecule has 0 saturated carbocycles. The first kappa shape index (κ1) is 17.8. The van der Waals surface area contributed by atoms with Gasteiger partial charge in [0.15, 0.2) is 0 Å². The van der Waals surface area contributed by atoms with Gasteiger partial charge in [-0.25, -0.2) is 4.79 Å². The van der Waals surface area contributed by atoms with Gasteiger partial charge >= 0.3 is 11.9 Å². The third-order valence-corrected chi connectivity index (χ3v) is 3.02. The van der Waals surface area contributed by atoms with Crippen molar-refractivity contribution < 1.29 is 23.8 Å². The molecular formula is C17H22O5. The Labute approximate surface area is 130 Å². The molecule has 1 fully saturated rings. The quantitative estimate of drug-likeness (QED) is 0.486. The van der Waals surface area contributed by atoms with Crippen LogP contribution in [0.1, 0.15) is 32.8 Å². The Morgan fingerprint density at radius 2 is 1.91 bits per heavy atom. The molecule has 1 aromatic rings. The van der Waals surface area contributed by atoms with Gasteiger partial charge in [0.2, 0.25) is 6.29 Å². The van der Waals surface area contributed by atoms with Gasteiger partial charge in [-0.15, -0.1) is 0 Å². The summed E-state index contributed by atoms with van der Waals surface area (Å²) in [5.74, 6) is -0.983. The number of methoxy groups -OCH3 is 1. The Balaban J connectivity index is 0.00000116. The van der Waals surface area contributed by atoms with Crippen molar-refractivity contribution in [3.63, 3.8) is 0 Å². The molecule has 0 aromatic heterocycles. The molecule has 22 heavy (non-hydrogen) atoms. The van der Waals surface area contributed by atoms with Gasteiger partial charge in [-0.05, 0) is 5.56 Å². The van der Waals surface area contributed by atoms with Gasteiger partial charge in [0.25, 0.3) is 0 Å². The zero-order valence-electron chi connectivity index (χ0n) is 13.4. The smallest absolute Gasteiger partial charge is 0.341 e. The molecule has 1 aliphatic rings. The van der Waals surface area contributed by atoms with Crippen molar-refractivity contribution in [2.45, 2.75) is 33.5 Å². The maximum absolute atomic E-state index is 11.8. The maximum Gasteiger partial charge on any atom is 0.341 e. The van der Waals surface area contributed by atoms with Gasteiger partial charge in [0, 0.05) is 6.42 Å². The summed E-state index contributed by atoms with van der Waals surface area (Å²) in [6.45, 7) is 5.77. The molecule has 0 bridgehead atoms. The van der Waals surface area contributed by atoms with Crippen LogP contribution in [0.3, 0.4) is 0 Å². The van der Waals surface area contributed by atoms with E-state index in [1.807, 2.05) is 32.0 Å². The average Bonchev–Trinajstić information content (AvgIpc) is 2.88. The second kappa shape index (κ2) is 8.87. The zero-order valence-corrected chi connectivity index (χ0v) is 13.4. The SMILES string of the molecule is CC.COC(=O)/C(=C/OC1CC(C)C(=O)O1)c1ccccc1. The summed E-state index contributed by atoms with van der Waals surface area (Å²) in [5, 5.41) is 0. The number of hydrogen-bond acceptors (Lipinski definition) is 5. The molecule has 0 radical (unpaired) electrons. The zero-order chi connectivity index (χ0) is 16.5. The molecule has 0 amide bonds. The van der Waals surface area contributed by atoms with E-state index in [4.69, 9.17) is 14.2 Å². The number of carbonyl (C=O) groups excluding carboxylic acids is 2. The molecule has 1 heterocycles. The Morgan fingerprint density at radius 3 is 2.41 bits per heavy atom. The molecule has 2 unspecified atom stereocenters. The highest BCUT2D eigenvalue weighted by Crippen LogP contribution is 2.23. The number of cyclic esters (lactones) is 1. The lowest BCUT2D eigenvalue weighted by Gasteiger charge is -2.10. The molecule has 0 spiro atoms. The van der Waals surface area contributed by atoms with Crippen LogP contribution in [0.15, 0.2) is 36.6 Å². The minimum atomic E-state index is -0.652. The van der Waals surface area contributed by atoms with Crippen molar-refractivity contribution in [3.8, 4) is 0 Å². The number of carbonyl (C=O) groups is 2. The second-order valence-electron chi connectivity index (χ2n) is 4.53. The van der Waals surface area contributed by atoms with Crippen LogP contribution in [0.2, 0.25) is 0 Å². The monoisotopic (exact) mass is 306 g/mol. The van der Waals surface area contributed by atoms with Crippen LogP contribution in [0.5, 0.6) is 0 Å². The summed E-state index contributed by atoms with van der Waals surface area (Å²) < 4.78 is 15.1. The Hall–Kier alpha value is -2.30. The van der Waals surface area contributed by atoms with E-state index in [0.29, 0.717) is 12.0 Å². The molecule has 0 N–H and O–H groups in total. The van der Waals surface area contributed by atoms with Crippen LogP contribution in [0.25, 0.3) is 5.57 Å². The Bertz CT molecular complexity index is 521. The van der Waals surface area contributed by atoms with Gasteiger partial charge < -0.3 is 14.2 Å². The van der Waals surface area contributed by atoms with Crippen molar-refractivity contribution >= 4 is 17.5 Å². The summed E-state index contributed by atoms with van der Waals surface area (Å²) >= 11 is 0. The summed E-state index contributed by atoms with van der Waals surface area (Å²) in [6.07, 6.45) is 1.11. The highest BCUT2D eigenvalue weighted by Gasteiger charge is 2.32. The van der Waals surface area contributed by atoms with Crippen LogP contribution >= 0.6 is 0 Å². The molecule has 1 aromatic carbocycles. The van der Waals surface area contributed by atoms with Gasteiger partial charge in [0.1, 0.15) is 11.8 Å². The standard InChI is InChI=1S/C15H16O5.C2H6/c1-10-8-13(20-14(10)16)19-9-12(15(17)18-2)11-6-4-3-5-7-11;1-2/h3-7,9-10,13H,8H2,1-2H3;1-2H3/b12-9+;. The number of hydrogen-bond donors (Lipinski definition) is 0. The fourth-order valence-corrected chi connectivity index (χ4v) is 1.87. The number of esters is 2. The molecule has 2 atom stereocenters. The largest absolute Gasteiger partial charge is 0.465 e. The first-order valence-corrected chi connectivity index (χ1v) is 7.31. The van der Waals surface area contributed by atoms with E-state index in [0.717, 1.165) is 0 Å². The van der Waals surface area contributed by atoms with Crippen LogP contribution in [0, 0.1) is 5.92 Å². The lowest BCUT2D eigenvalue weighted by Crippen LogP contribution is -2.10. The topological polar surface area (TPSA) is 61.8 Å². The summed E-state index contributed by atoms with van der Waals surface area (Å²) in [7, 11) is 1.30. The van der Waals surface area contributed by atoms with Gasteiger partial charge in [-0.1, -0.05) is 51.1 Å². The summed E-state index contributed by atoms with van der Waals surface area (Å²) in [4.78, 5) is 23.0. The fourth-order valence-electron chi connectivity index (χ4n) is 1.87. The molecule has 0 aliphatic carbocycles. The first-order valence-electron chi connectivity index (χ1n) is 7.31. The number of benzene rings is 1. The van der Waals surface area contributed by atoms with Gasteiger partial charge in [-0.2, -0.15) is 0 Å². The minimum Gasteiger partial charge on any atom is -0.465 e. The van der Waals surface area contributed by atoms with E-state index in [2.05, 4.69) is 0 Å². The van der Waals surface area contributed by atoms with E-state index in [9.17, 15) is 9.59 Å². The summed E-state index contributed by atoms with van der Waals surface area (Å²) in [5.41, 5.74) is 0.959. The van der Waals surface area contributed by atoms with E-state index in [-0.39, 0.29) is 17.5 Å². The van der Waals surface area contributed by atoms with E-state index >= 15 is 0 Å². The Morgan fingerprint density at radius 1 is 1.27 bits per heavy atom. The lowest BCUT2D eigenvalue weighted by molar-refractivity contribution is -0.156. The number of rotatable bonds is 4. The maximum atomic E-state index is 11.8.